The second-order valence-corrected chi connectivity index (χ2v) is 5.03. The van der Waals surface area contributed by atoms with Gasteiger partial charge in [0.1, 0.15) is 0 Å². The van der Waals surface area contributed by atoms with Crippen molar-refractivity contribution >= 4 is 11.3 Å². The lowest BCUT2D eigenvalue weighted by Gasteiger charge is -2.09. The number of thiazole rings is 1. The average molecular weight is 248 g/mol. The number of hydrogen-bond acceptors (Lipinski definition) is 3. The van der Waals surface area contributed by atoms with Gasteiger partial charge in [-0.05, 0) is 12.5 Å². The van der Waals surface area contributed by atoms with Gasteiger partial charge in [-0.25, -0.2) is 0 Å². The van der Waals surface area contributed by atoms with Crippen LogP contribution in [0.2, 0.25) is 0 Å². The summed E-state index contributed by atoms with van der Waals surface area (Å²) in [5.41, 5.74) is 2.30. The Kier molecular flexibility index (Phi) is 3.76. The Hall–Kier alpha value is -1.39. The number of aryl methyl sites for hydroxylation is 1. The molecule has 17 heavy (non-hydrogen) atoms. The maximum atomic E-state index is 7.99. The zero-order valence-electron chi connectivity index (χ0n) is 10.1. The summed E-state index contributed by atoms with van der Waals surface area (Å²) >= 11 is 1.52. The molecule has 1 heterocycles. The van der Waals surface area contributed by atoms with Crippen LogP contribution in [0.25, 0.3) is 11.3 Å². The highest BCUT2D eigenvalue weighted by Gasteiger charge is 2.11. The third-order valence-electron chi connectivity index (χ3n) is 2.66. The largest absolute Gasteiger partial charge is 0.383 e. The van der Waals surface area contributed by atoms with Crippen LogP contribution in [0.4, 0.5) is 0 Å². The van der Waals surface area contributed by atoms with Crippen molar-refractivity contribution in [2.75, 3.05) is 13.7 Å². The van der Waals surface area contributed by atoms with Crippen LogP contribution in [0.5, 0.6) is 0 Å². The highest BCUT2D eigenvalue weighted by molar-refractivity contribution is 7.09. The van der Waals surface area contributed by atoms with Gasteiger partial charge in [-0.2, -0.15) is 0 Å². The zero-order valence-corrected chi connectivity index (χ0v) is 10.9. The molecule has 4 heteroatoms. The van der Waals surface area contributed by atoms with Gasteiger partial charge in [0.2, 0.25) is 0 Å². The fraction of sp³-hybridized carbons (Fsp3) is 0.308. The van der Waals surface area contributed by atoms with Crippen molar-refractivity contribution in [3.63, 3.8) is 0 Å². The summed E-state index contributed by atoms with van der Waals surface area (Å²) in [5, 5.41) is 7.99. The summed E-state index contributed by atoms with van der Waals surface area (Å²) < 4.78 is 7.11. The van der Waals surface area contributed by atoms with E-state index in [0.29, 0.717) is 11.4 Å². The van der Waals surface area contributed by atoms with Crippen LogP contribution in [0.3, 0.4) is 0 Å². The zero-order chi connectivity index (χ0) is 12.3. The lowest BCUT2D eigenvalue weighted by molar-refractivity contribution is 0.187. The second kappa shape index (κ2) is 5.29. The van der Waals surface area contributed by atoms with Gasteiger partial charge >= 0.3 is 0 Å². The van der Waals surface area contributed by atoms with E-state index in [1.54, 1.807) is 7.11 Å². The fourth-order valence-electron chi connectivity index (χ4n) is 1.89. The first-order chi connectivity index (χ1) is 8.24. The molecule has 2 aromatic rings. The van der Waals surface area contributed by atoms with Crippen molar-refractivity contribution in [3.05, 3.63) is 40.0 Å². The molecule has 1 aromatic heterocycles. The Morgan fingerprint density at radius 1 is 1.29 bits per heavy atom. The molecule has 0 bridgehead atoms. The summed E-state index contributed by atoms with van der Waals surface area (Å²) in [7, 11) is 1.69. The van der Waals surface area contributed by atoms with Gasteiger partial charge < -0.3 is 9.30 Å². The third kappa shape index (κ3) is 2.48. The molecular weight excluding hydrogens is 232 g/mol. The van der Waals surface area contributed by atoms with Crippen LogP contribution in [-0.4, -0.2) is 18.3 Å². The van der Waals surface area contributed by atoms with Crippen molar-refractivity contribution < 1.29 is 4.74 Å². The van der Waals surface area contributed by atoms with E-state index in [-0.39, 0.29) is 0 Å². The highest BCUT2D eigenvalue weighted by atomic mass is 32.1. The molecule has 1 aromatic carbocycles. The van der Waals surface area contributed by atoms with Gasteiger partial charge in [-0.1, -0.05) is 30.3 Å². The maximum absolute atomic E-state index is 7.99. The van der Waals surface area contributed by atoms with Crippen LogP contribution >= 0.6 is 11.3 Å². The topological polar surface area (TPSA) is 38.0 Å². The Bertz CT molecular complexity index is 542. The molecule has 0 unspecified atom stereocenters. The molecule has 0 spiro atoms. The van der Waals surface area contributed by atoms with E-state index in [4.69, 9.17) is 10.1 Å². The number of ether oxygens (including phenoxy) is 1. The van der Waals surface area contributed by atoms with E-state index in [1.165, 1.54) is 16.2 Å². The maximum Gasteiger partial charge on any atom is 0.182 e. The van der Waals surface area contributed by atoms with E-state index in [1.807, 2.05) is 22.8 Å². The third-order valence-corrected chi connectivity index (χ3v) is 3.58. The number of rotatable bonds is 4. The van der Waals surface area contributed by atoms with Crippen LogP contribution < -0.4 is 4.80 Å². The van der Waals surface area contributed by atoms with E-state index in [9.17, 15) is 0 Å². The molecule has 0 atom stereocenters. The summed E-state index contributed by atoms with van der Waals surface area (Å²) in [6.45, 7) is 3.42. The van der Waals surface area contributed by atoms with E-state index >= 15 is 0 Å². The molecule has 90 valence electrons. The number of aromatic nitrogens is 1. The van der Waals surface area contributed by atoms with Crippen LogP contribution in [0.1, 0.15) is 4.88 Å². The van der Waals surface area contributed by atoms with Crippen molar-refractivity contribution in [3.8, 4) is 11.3 Å². The molecule has 0 saturated heterocycles. The SMILES string of the molecule is COCCn1c(-c2ccccc2)c(C)sc1=N. The van der Waals surface area contributed by atoms with Crippen molar-refractivity contribution in [2.45, 2.75) is 13.5 Å². The van der Waals surface area contributed by atoms with Crippen molar-refractivity contribution in [2.24, 2.45) is 0 Å². The fourth-order valence-corrected chi connectivity index (χ4v) is 2.80. The molecule has 0 aliphatic rings. The predicted molar refractivity (Wildman–Crippen MR) is 70.2 cm³/mol. The monoisotopic (exact) mass is 248 g/mol. The molecule has 0 amide bonds. The van der Waals surface area contributed by atoms with E-state index < -0.39 is 0 Å². The minimum atomic E-state index is 0.582. The Balaban J connectivity index is 2.49. The lowest BCUT2D eigenvalue weighted by Crippen LogP contribution is -2.17. The van der Waals surface area contributed by atoms with Crippen LogP contribution in [0.15, 0.2) is 30.3 Å². The molecule has 2 rings (SSSR count). The minimum Gasteiger partial charge on any atom is -0.383 e. The van der Waals surface area contributed by atoms with Gasteiger partial charge in [0, 0.05) is 18.5 Å². The van der Waals surface area contributed by atoms with Crippen LogP contribution in [0, 0.1) is 12.3 Å². The van der Waals surface area contributed by atoms with Crippen molar-refractivity contribution in [1.82, 2.24) is 4.57 Å². The van der Waals surface area contributed by atoms with E-state index in [0.717, 1.165) is 17.8 Å². The number of nitrogens with one attached hydrogen (secondary N) is 1. The number of hydrogen-bond donors (Lipinski definition) is 1. The first-order valence-electron chi connectivity index (χ1n) is 5.53. The molecule has 1 N–H and O–H groups in total. The molecule has 0 fully saturated rings. The lowest BCUT2D eigenvalue weighted by atomic mass is 10.1. The highest BCUT2D eigenvalue weighted by Crippen LogP contribution is 2.24. The molecule has 0 aliphatic carbocycles. The molecule has 3 nitrogen and oxygen atoms in total. The van der Waals surface area contributed by atoms with Gasteiger partial charge in [-0.3, -0.25) is 5.41 Å². The Labute approximate surface area is 105 Å². The number of benzene rings is 1. The summed E-state index contributed by atoms with van der Waals surface area (Å²) in [4.78, 5) is 1.76. The Morgan fingerprint density at radius 2 is 2.00 bits per heavy atom. The van der Waals surface area contributed by atoms with Crippen LogP contribution in [-0.2, 0) is 11.3 Å². The van der Waals surface area contributed by atoms with Gasteiger partial charge in [0.25, 0.3) is 0 Å². The standard InChI is InChI=1S/C13H16N2OS/c1-10-12(11-6-4-3-5-7-11)15(8-9-16-2)13(14)17-10/h3-7,14H,8-9H2,1-2H3. The first kappa shape index (κ1) is 12.1. The first-order valence-corrected chi connectivity index (χ1v) is 6.35. The molecule has 0 radical (unpaired) electrons. The van der Waals surface area contributed by atoms with Crippen molar-refractivity contribution in [1.29, 1.82) is 5.41 Å². The number of methoxy groups -OCH3 is 1. The normalized spacial score (nSPS) is 10.7. The minimum absolute atomic E-state index is 0.582. The molecular formula is C13H16N2OS. The second-order valence-electron chi connectivity index (χ2n) is 3.82. The summed E-state index contributed by atoms with van der Waals surface area (Å²) in [5.74, 6) is 0. The summed E-state index contributed by atoms with van der Waals surface area (Å²) in [6.07, 6.45) is 0. The molecule has 0 saturated carbocycles. The average Bonchev–Trinajstić information content (AvgIpc) is 2.62. The molecule has 0 aliphatic heterocycles. The summed E-state index contributed by atoms with van der Waals surface area (Å²) in [6, 6.07) is 10.2. The predicted octanol–water partition coefficient (Wildman–Crippen LogP) is 2.65. The smallest absolute Gasteiger partial charge is 0.182 e. The van der Waals surface area contributed by atoms with Gasteiger partial charge in [0.05, 0.1) is 12.3 Å². The quantitative estimate of drug-likeness (QED) is 0.887. The Morgan fingerprint density at radius 3 is 2.65 bits per heavy atom. The van der Waals surface area contributed by atoms with Gasteiger partial charge in [0.15, 0.2) is 4.80 Å². The van der Waals surface area contributed by atoms with Gasteiger partial charge in [-0.15, -0.1) is 11.3 Å². The number of nitrogens with zero attached hydrogens (tertiary/aromatic N) is 1. The van der Waals surface area contributed by atoms with E-state index in [2.05, 4.69) is 19.1 Å².